The van der Waals surface area contributed by atoms with Crippen molar-refractivity contribution < 1.29 is 9.59 Å². The van der Waals surface area contributed by atoms with Crippen molar-refractivity contribution in [3.63, 3.8) is 0 Å². The molecule has 0 fully saturated rings. The first-order valence-electron chi connectivity index (χ1n) is 8.59. The third-order valence-electron chi connectivity index (χ3n) is 3.83. The number of thioether (sulfide) groups is 1. The molecule has 0 aromatic heterocycles. The van der Waals surface area contributed by atoms with Gasteiger partial charge in [-0.1, -0.05) is 32.0 Å². The lowest BCUT2D eigenvalue weighted by molar-refractivity contribution is -0.123. The molecule has 0 saturated carbocycles. The highest BCUT2D eigenvalue weighted by molar-refractivity contribution is 7.98. The molecular weight excluding hydrogens is 320 g/mol. The average molecular weight is 351 g/mol. The summed E-state index contributed by atoms with van der Waals surface area (Å²) in [5.41, 5.74) is 0.576. The molecule has 0 radical (unpaired) electrons. The quantitative estimate of drug-likeness (QED) is 0.679. The minimum absolute atomic E-state index is 0.0930. The van der Waals surface area contributed by atoms with E-state index in [-0.39, 0.29) is 17.9 Å². The van der Waals surface area contributed by atoms with Gasteiger partial charge in [-0.05, 0) is 56.2 Å². The van der Waals surface area contributed by atoms with Gasteiger partial charge in [-0.3, -0.25) is 9.59 Å². The molecule has 2 amide bonds. The molecule has 2 N–H and O–H groups in total. The SMILES string of the molecule is CSCCC(NC(=O)c1ccccc1)C(=O)NC(C)CCC(C)C. The summed E-state index contributed by atoms with van der Waals surface area (Å²) in [6.07, 6.45) is 4.65. The molecule has 0 heterocycles. The molecule has 0 aliphatic rings. The van der Waals surface area contributed by atoms with Gasteiger partial charge in [0, 0.05) is 11.6 Å². The molecule has 2 unspecified atom stereocenters. The molecule has 24 heavy (non-hydrogen) atoms. The first-order chi connectivity index (χ1) is 11.4. The Labute approximate surface area is 150 Å². The Morgan fingerprint density at radius 3 is 2.25 bits per heavy atom. The van der Waals surface area contributed by atoms with E-state index in [9.17, 15) is 9.59 Å². The van der Waals surface area contributed by atoms with Crippen LogP contribution in [0.1, 0.15) is 50.4 Å². The van der Waals surface area contributed by atoms with Crippen LogP contribution >= 0.6 is 11.8 Å². The normalized spacial score (nSPS) is 13.4. The van der Waals surface area contributed by atoms with Gasteiger partial charge in [0.05, 0.1) is 0 Å². The lowest BCUT2D eigenvalue weighted by atomic mass is 10.0. The first kappa shape index (κ1) is 20.6. The van der Waals surface area contributed by atoms with E-state index in [0.29, 0.717) is 17.9 Å². The predicted molar refractivity (Wildman–Crippen MR) is 102 cm³/mol. The smallest absolute Gasteiger partial charge is 0.251 e. The van der Waals surface area contributed by atoms with E-state index in [1.807, 2.05) is 31.4 Å². The fourth-order valence-electron chi connectivity index (χ4n) is 2.33. The zero-order valence-electron chi connectivity index (χ0n) is 15.2. The Balaban J connectivity index is 2.63. The molecule has 0 aliphatic heterocycles. The second-order valence-corrected chi connectivity index (χ2v) is 7.54. The molecule has 134 valence electrons. The Morgan fingerprint density at radius 2 is 1.67 bits per heavy atom. The van der Waals surface area contributed by atoms with Crippen LogP contribution in [0.3, 0.4) is 0 Å². The van der Waals surface area contributed by atoms with E-state index in [0.717, 1.165) is 18.6 Å². The van der Waals surface area contributed by atoms with Crippen molar-refractivity contribution in [2.24, 2.45) is 5.92 Å². The summed E-state index contributed by atoms with van der Waals surface area (Å²) in [6.45, 7) is 6.37. The number of rotatable bonds is 10. The maximum atomic E-state index is 12.5. The molecule has 2 atom stereocenters. The zero-order valence-corrected chi connectivity index (χ0v) is 16.0. The van der Waals surface area contributed by atoms with Crippen LogP contribution in [0.2, 0.25) is 0 Å². The number of carbonyl (C=O) groups excluding carboxylic acids is 2. The Bertz CT molecular complexity index is 505. The van der Waals surface area contributed by atoms with Gasteiger partial charge in [-0.15, -0.1) is 0 Å². The lowest BCUT2D eigenvalue weighted by Crippen LogP contribution is -2.49. The third kappa shape index (κ3) is 7.86. The van der Waals surface area contributed by atoms with E-state index in [1.165, 1.54) is 0 Å². The van der Waals surface area contributed by atoms with Crippen LogP contribution < -0.4 is 10.6 Å². The summed E-state index contributed by atoms with van der Waals surface area (Å²) in [4.78, 5) is 24.9. The van der Waals surface area contributed by atoms with Gasteiger partial charge >= 0.3 is 0 Å². The number of carbonyl (C=O) groups is 2. The van der Waals surface area contributed by atoms with E-state index in [4.69, 9.17) is 0 Å². The summed E-state index contributed by atoms with van der Waals surface area (Å²) in [6, 6.07) is 8.64. The predicted octanol–water partition coefficient (Wildman–Crippen LogP) is 3.48. The molecule has 4 nitrogen and oxygen atoms in total. The molecular formula is C19H30N2O2S. The lowest BCUT2D eigenvalue weighted by Gasteiger charge is -2.21. The highest BCUT2D eigenvalue weighted by Gasteiger charge is 2.22. The fraction of sp³-hybridized carbons (Fsp3) is 0.579. The van der Waals surface area contributed by atoms with Crippen molar-refractivity contribution in [3.05, 3.63) is 35.9 Å². The summed E-state index contributed by atoms with van der Waals surface area (Å²) < 4.78 is 0. The van der Waals surface area contributed by atoms with Crippen molar-refractivity contribution in [2.45, 2.75) is 52.1 Å². The molecule has 0 aliphatic carbocycles. The second kappa shape index (κ2) is 11.1. The van der Waals surface area contributed by atoms with Gasteiger partial charge in [-0.2, -0.15) is 11.8 Å². The van der Waals surface area contributed by atoms with Crippen molar-refractivity contribution in [1.29, 1.82) is 0 Å². The van der Waals surface area contributed by atoms with Gasteiger partial charge in [-0.25, -0.2) is 0 Å². The Hall–Kier alpha value is -1.49. The summed E-state index contributed by atoms with van der Waals surface area (Å²) >= 11 is 1.67. The van der Waals surface area contributed by atoms with Crippen molar-refractivity contribution >= 4 is 23.6 Å². The van der Waals surface area contributed by atoms with Crippen LogP contribution in [0.4, 0.5) is 0 Å². The molecule has 0 spiro atoms. The van der Waals surface area contributed by atoms with Gasteiger partial charge < -0.3 is 10.6 Å². The maximum absolute atomic E-state index is 12.5. The van der Waals surface area contributed by atoms with Crippen LogP contribution in [0.25, 0.3) is 0 Å². The molecule has 1 aromatic rings. The number of benzene rings is 1. The fourth-order valence-corrected chi connectivity index (χ4v) is 2.81. The molecule has 1 aromatic carbocycles. The maximum Gasteiger partial charge on any atom is 0.251 e. The van der Waals surface area contributed by atoms with Crippen LogP contribution in [0.15, 0.2) is 30.3 Å². The van der Waals surface area contributed by atoms with Gasteiger partial charge in [0.25, 0.3) is 5.91 Å². The minimum Gasteiger partial charge on any atom is -0.352 e. The third-order valence-corrected chi connectivity index (χ3v) is 4.48. The minimum atomic E-state index is -0.494. The van der Waals surface area contributed by atoms with E-state index in [2.05, 4.69) is 24.5 Å². The summed E-state index contributed by atoms with van der Waals surface area (Å²) in [5.74, 6) is 1.15. The molecule has 0 saturated heterocycles. The topological polar surface area (TPSA) is 58.2 Å². The number of hydrogen-bond donors (Lipinski definition) is 2. The number of nitrogens with one attached hydrogen (secondary N) is 2. The molecule has 5 heteroatoms. The number of hydrogen-bond acceptors (Lipinski definition) is 3. The second-order valence-electron chi connectivity index (χ2n) is 6.55. The van der Waals surface area contributed by atoms with Gasteiger partial charge in [0.2, 0.25) is 5.91 Å². The standard InChI is InChI=1S/C19H30N2O2S/c1-14(2)10-11-15(3)20-19(23)17(12-13-24-4)21-18(22)16-8-6-5-7-9-16/h5-9,14-15,17H,10-13H2,1-4H3,(H,20,23)(H,21,22). The van der Waals surface area contributed by atoms with Crippen LogP contribution in [0, 0.1) is 5.92 Å². The number of amides is 2. The first-order valence-corrected chi connectivity index (χ1v) is 9.98. The highest BCUT2D eigenvalue weighted by Crippen LogP contribution is 2.08. The summed E-state index contributed by atoms with van der Waals surface area (Å²) in [5, 5.41) is 5.91. The van der Waals surface area contributed by atoms with E-state index < -0.39 is 6.04 Å². The molecule has 1 rings (SSSR count). The van der Waals surface area contributed by atoms with Crippen LogP contribution in [-0.4, -0.2) is 35.9 Å². The summed E-state index contributed by atoms with van der Waals surface area (Å²) in [7, 11) is 0. The molecule has 0 bridgehead atoms. The van der Waals surface area contributed by atoms with Gasteiger partial charge in [0.1, 0.15) is 6.04 Å². The van der Waals surface area contributed by atoms with Crippen LogP contribution in [-0.2, 0) is 4.79 Å². The van der Waals surface area contributed by atoms with E-state index >= 15 is 0 Å². The van der Waals surface area contributed by atoms with Crippen molar-refractivity contribution in [2.75, 3.05) is 12.0 Å². The van der Waals surface area contributed by atoms with Crippen LogP contribution in [0.5, 0.6) is 0 Å². The van der Waals surface area contributed by atoms with Gasteiger partial charge in [0.15, 0.2) is 0 Å². The van der Waals surface area contributed by atoms with Crippen molar-refractivity contribution in [3.8, 4) is 0 Å². The average Bonchev–Trinajstić information content (AvgIpc) is 2.57. The monoisotopic (exact) mass is 350 g/mol. The Kier molecular flexibility index (Phi) is 9.53. The highest BCUT2D eigenvalue weighted by atomic mass is 32.2. The van der Waals surface area contributed by atoms with Crippen molar-refractivity contribution in [1.82, 2.24) is 10.6 Å². The zero-order chi connectivity index (χ0) is 17.9. The van der Waals surface area contributed by atoms with E-state index in [1.54, 1.807) is 23.9 Å². The largest absolute Gasteiger partial charge is 0.352 e. The Morgan fingerprint density at radius 1 is 1.00 bits per heavy atom.